The van der Waals surface area contributed by atoms with Crippen LogP contribution < -0.4 is 5.73 Å². The molecule has 0 spiro atoms. The summed E-state index contributed by atoms with van der Waals surface area (Å²) in [6, 6.07) is 5.78. The van der Waals surface area contributed by atoms with E-state index in [2.05, 4.69) is 40.4 Å². The van der Waals surface area contributed by atoms with Crippen molar-refractivity contribution in [1.29, 1.82) is 0 Å². The summed E-state index contributed by atoms with van der Waals surface area (Å²) < 4.78 is 31.2. The molecule has 5 heteroatoms. The molecule has 0 unspecified atom stereocenters. The first-order valence-corrected chi connectivity index (χ1v) is 7.99. The molecule has 1 aromatic rings. The van der Waals surface area contributed by atoms with Crippen molar-refractivity contribution < 1.29 is 18.7 Å². The fourth-order valence-corrected chi connectivity index (χ4v) is 2.61. The van der Waals surface area contributed by atoms with E-state index in [0.717, 1.165) is 5.56 Å². The van der Waals surface area contributed by atoms with Gasteiger partial charge in [0.05, 0.1) is 10.4 Å². The molecule has 0 saturated heterocycles. The highest BCUT2D eigenvalue weighted by molar-refractivity contribution is 7.85. The molecule has 0 saturated carbocycles. The van der Waals surface area contributed by atoms with Crippen LogP contribution >= 0.6 is 0 Å². The van der Waals surface area contributed by atoms with Crippen LogP contribution in [0.4, 0.5) is 0 Å². The van der Waals surface area contributed by atoms with Gasteiger partial charge in [-0.1, -0.05) is 38.5 Å². The van der Waals surface area contributed by atoms with Crippen LogP contribution in [0.5, 0.6) is 0 Å². The van der Waals surface area contributed by atoms with Crippen molar-refractivity contribution in [2.45, 2.75) is 58.4 Å². The van der Waals surface area contributed by atoms with E-state index in [9.17, 15) is 13.0 Å². The SMILES string of the molecule is CC(C)(C)CC(C)(C)[NH3+].Cc1ccc(S(=O)(=O)[O-])cc1. The molecule has 0 aliphatic carbocycles. The van der Waals surface area contributed by atoms with Crippen LogP contribution in [0.15, 0.2) is 29.2 Å². The maximum absolute atomic E-state index is 10.4. The average molecular weight is 301 g/mol. The zero-order valence-corrected chi connectivity index (χ0v) is 14.2. The number of hydrogen-bond donors (Lipinski definition) is 1. The lowest BCUT2D eigenvalue weighted by Gasteiger charge is -2.25. The van der Waals surface area contributed by atoms with Gasteiger partial charge in [-0.15, -0.1) is 0 Å². The van der Waals surface area contributed by atoms with Crippen LogP contribution in [-0.4, -0.2) is 18.5 Å². The first-order chi connectivity index (χ1) is 8.71. The lowest BCUT2D eigenvalue weighted by Crippen LogP contribution is -2.70. The first kappa shape index (κ1) is 19.1. The second kappa shape index (κ2) is 6.70. The quantitative estimate of drug-likeness (QED) is 0.851. The van der Waals surface area contributed by atoms with Crippen molar-refractivity contribution in [2.24, 2.45) is 5.41 Å². The highest BCUT2D eigenvalue weighted by atomic mass is 32.2. The van der Waals surface area contributed by atoms with Gasteiger partial charge in [-0.25, -0.2) is 8.42 Å². The first-order valence-electron chi connectivity index (χ1n) is 6.59. The van der Waals surface area contributed by atoms with E-state index in [1.165, 1.54) is 18.6 Å². The van der Waals surface area contributed by atoms with E-state index in [4.69, 9.17) is 0 Å². The lowest BCUT2D eigenvalue weighted by molar-refractivity contribution is -0.470. The second-order valence-corrected chi connectivity index (χ2v) is 8.55. The topological polar surface area (TPSA) is 84.8 Å². The third-order valence-electron chi connectivity index (χ3n) is 2.32. The largest absolute Gasteiger partial charge is 0.744 e. The monoisotopic (exact) mass is 301 g/mol. The Morgan fingerprint density at radius 3 is 1.65 bits per heavy atom. The zero-order valence-electron chi connectivity index (χ0n) is 13.4. The predicted molar refractivity (Wildman–Crippen MR) is 80.2 cm³/mol. The van der Waals surface area contributed by atoms with Gasteiger partial charge in [0.1, 0.15) is 10.1 Å². The summed E-state index contributed by atoms with van der Waals surface area (Å²) in [5, 5.41) is 0. The molecular formula is C15H27NO3S. The molecule has 20 heavy (non-hydrogen) atoms. The third-order valence-corrected chi connectivity index (χ3v) is 3.17. The van der Waals surface area contributed by atoms with Gasteiger partial charge in [-0.2, -0.15) is 0 Å². The van der Waals surface area contributed by atoms with Crippen molar-refractivity contribution in [1.82, 2.24) is 0 Å². The van der Waals surface area contributed by atoms with Crippen molar-refractivity contribution >= 4 is 10.1 Å². The maximum atomic E-state index is 10.4. The summed E-state index contributed by atoms with van der Waals surface area (Å²) >= 11 is 0. The Kier molecular flexibility index (Phi) is 6.39. The predicted octanol–water partition coefficient (Wildman–Crippen LogP) is 2.34. The molecular weight excluding hydrogens is 274 g/mol. The van der Waals surface area contributed by atoms with E-state index in [-0.39, 0.29) is 10.4 Å². The van der Waals surface area contributed by atoms with E-state index in [1.807, 2.05) is 6.92 Å². The molecule has 0 amide bonds. The minimum Gasteiger partial charge on any atom is -0.744 e. The van der Waals surface area contributed by atoms with Gasteiger partial charge < -0.3 is 10.3 Å². The van der Waals surface area contributed by atoms with Gasteiger partial charge in [0.2, 0.25) is 0 Å². The van der Waals surface area contributed by atoms with E-state index in [1.54, 1.807) is 12.1 Å². The summed E-state index contributed by atoms with van der Waals surface area (Å²) in [5.74, 6) is 0. The number of aryl methyl sites for hydroxylation is 1. The molecule has 4 nitrogen and oxygen atoms in total. The maximum Gasteiger partial charge on any atom is 0.124 e. The van der Waals surface area contributed by atoms with Crippen LogP contribution in [0.2, 0.25) is 0 Å². The summed E-state index contributed by atoms with van der Waals surface area (Å²) in [6.07, 6.45) is 1.18. The van der Waals surface area contributed by atoms with E-state index >= 15 is 0 Å². The molecule has 1 aromatic carbocycles. The van der Waals surface area contributed by atoms with Gasteiger partial charge in [0, 0.05) is 6.42 Å². The molecule has 116 valence electrons. The van der Waals surface area contributed by atoms with Gasteiger partial charge in [0.25, 0.3) is 0 Å². The molecule has 3 N–H and O–H groups in total. The van der Waals surface area contributed by atoms with Crippen LogP contribution in [0.25, 0.3) is 0 Å². The van der Waals surface area contributed by atoms with Crippen molar-refractivity contribution in [3.63, 3.8) is 0 Å². The molecule has 0 bridgehead atoms. The molecule has 0 heterocycles. The molecule has 0 fully saturated rings. The Morgan fingerprint density at radius 2 is 1.45 bits per heavy atom. The van der Waals surface area contributed by atoms with Crippen LogP contribution in [0, 0.1) is 12.3 Å². The van der Waals surface area contributed by atoms with Gasteiger partial charge in [0.15, 0.2) is 0 Å². The zero-order chi connectivity index (χ0) is 16.2. The fourth-order valence-electron chi connectivity index (χ4n) is 2.14. The minimum atomic E-state index is -4.27. The molecule has 0 aliphatic rings. The lowest BCUT2D eigenvalue weighted by atomic mass is 9.82. The summed E-state index contributed by atoms with van der Waals surface area (Å²) in [7, 11) is -4.27. The summed E-state index contributed by atoms with van der Waals surface area (Å²) in [4.78, 5) is -0.178. The number of benzene rings is 1. The van der Waals surface area contributed by atoms with Crippen molar-refractivity contribution in [2.75, 3.05) is 0 Å². The Bertz CT molecular complexity index is 494. The van der Waals surface area contributed by atoms with Gasteiger partial charge >= 0.3 is 0 Å². The van der Waals surface area contributed by atoms with Gasteiger partial charge in [-0.3, -0.25) is 0 Å². The van der Waals surface area contributed by atoms with E-state index in [0.29, 0.717) is 5.41 Å². The van der Waals surface area contributed by atoms with Crippen molar-refractivity contribution in [3.8, 4) is 0 Å². The third kappa shape index (κ3) is 9.95. The molecule has 0 radical (unpaired) electrons. The smallest absolute Gasteiger partial charge is 0.124 e. The van der Waals surface area contributed by atoms with Crippen LogP contribution in [-0.2, 0) is 10.1 Å². The Hall–Kier alpha value is -0.910. The van der Waals surface area contributed by atoms with Crippen LogP contribution in [0.3, 0.4) is 0 Å². The van der Waals surface area contributed by atoms with Crippen molar-refractivity contribution in [3.05, 3.63) is 29.8 Å². The van der Waals surface area contributed by atoms with Gasteiger partial charge in [-0.05, 0) is 38.3 Å². The molecule has 0 aromatic heterocycles. The highest BCUT2D eigenvalue weighted by Gasteiger charge is 2.23. The minimum absolute atomic E-state index is 0.178. The van der Waals surface area contributed by atoms with Crippen LogP contribution in [0.1, 0.15) is 46.6 Å². The normalized spacial score (nSPS) is 12.6. The molecule has 0 atom stereocenters. The number of hydrogen-bond acceptors (Lipinski definition) is 3. The Morgan fingerprint density at radius 1 is 1.05 bits per heavy atom. The Labute approximate surface area is 123 Å². The highest BCUT2D eigenvalue weighted by Crippen LogP contribution is 2.23. The fraction of sp³-hybridized carbons (Fsp3) is 0.600. The average Bonchev–Trinajstić information content (AvgIpc) is 2.11. The number of rotatable bonds is 2. The summed E-state index contributed by atoms with van der Waals surface area (Å²) in [6.45, 7) is 12.9. The Balaban J connectivity index is 0.000000370. The second-order valence-electron chi connectivity index (χ2n) is 7.17. The standard InChI is InChI=1S/C8H19N.C7H8O3S/c1-7(2,3)6-8(4,5)9;1-6-2-4-7(5-3-6)11(8,9)10/h6,9H2,1-5H3;2-5H,1H3,(H,8,9,10). The number of quaternary nitrogens is 1. The molecule has 0 aliphatic heterocycles. The molecule has 1 rings (SSSR count). The van der Waals surface area contributed by atoms with E-state index < -0.39 is 10.1 Å². The summed E-state index contributed by atoms with van der Waals surface area (Å²) in [5.41, 5.74) is 5.64.